The molecule has 2 fully saturated rings. The second-order valence-electron chi connectivity index (χ2n) is 6.65. The smallest absolute Gasteiger partial charge is 0.244 e. The molecule has 4 nitrogen and oxygen atoms in total. The third-order valence-electron chi connectivity index (χ3n) is 4.65. The number of carbonyl (C=O) groups is 1. The van der Waals surface area contributed by atoms with E-state index in [9.17, 15) is 4.79 Å². The summed E-state index contributed by atoms with van der Waals surface area (Å²) >= 11 is 0. The van der Waals surface area contributed by atoms with Crippen LogP contribution < -0.4 is 5.32 Å². The van der Waals surface area contributed by atoms with E-state index in [0.717, 1.165) is 38.8 Å². The molecule has 1 aliphatic carbocycles. The molecule has 1 unspecified atom stereocenters. The predicted molar refractivity (Wildman–Crippen MR) is 80.4 cm³/mol. The van der Waals surface area contributed by atoms with Crippen LogP contribution in [0.25, 0.3) is 0 Å². The fraction of sp³-hybridized carbons (Fsp3) is 0.938. The maximum absolute atomic E-state index is 12.7. The van der Waals surface area contributed by atoms with Gasteiger partial charge in [-0.05, 0) is 31.6 Å². The number of hydrogen-bond donors (Lipinski definition) is 1. The van der Waals surface area contributed by atoms with Crippen LogP contribution in [0.15, 0.2) is 0 Å². The number of nitrogens with zero attached hydrogens (tertiary/aromatic N) is 1. The normalized spacial score (nSPS) is 25.3. The molecule has 1 N–H and O–H groups in total. The van der Waals surface area contributed by atoms with Gasteiger partial charge in [-0.1, -0.05) is 33.6 Å². The predicted octanol–water partition coefficient (Wildman–Crippen LogP) is 2.53. The molecule has 0 aromatic carbocycles. The minimum absolute atomic E-state index is 0.203. The number of hydrogen-bond acceptors (Lipinski definition) is 3. The minimum Gasteiger partial charge on any atom is -0.380 e. The molecule has 1 amide bonds. The molecule has 1 heterocycles. The van der Waals surface area contributed by atoms with Crippen LogP contribution in [-0.2, 0) is 9.53 Å². The van der Waals surface area contributed by atoms with Crippen molar-refractivity contribution in [2.75, 3.05) is 19.8 Å². The zero-order valence-corrected chi connectivity index (χ0v) is 13.3. The Bertz CT molecular complexity index is 324. The molecular formula is C16H30N2O2. The Kier molecular flexibility index (Phi) is 5.44. The van der Waals surface area contributed by atoms with Crippen molar-refractivity contribution in [3.63, 3.8) is 0 Å². The van der Waals surface area contributed by atoms with E-state index in [1.54, 1.807) is 0 Å². The van der Waals surface area contributed by atoms with Gasteiger partial charge < -0.3 is 9.64 Å². The van der Waals surface area contributed by atoms with E-state index < -0.39 is 0 Å². The molecule has 2 aliphatic rings. The number of rotatable bonds is 7. The number of amides is 1. The first-order valence-electron chi connectivity index (χ1n) is 8.25. The van der Waals surface area contributed by atoms with E-state index >= 15 is 0 Å². The third kappa shape index (κ3) is 3.34. The summed E-state index contributed by atoms with van der Waals surface area (Å²) in [5.41, 5.74) is -0.237. The molecule has 1 spiro atoms. The topological polar surface area (TPSA) is 41.6 Å². The molecule has 0 aromatic heterocycles. The van der Waals surface area contributed by atoms with Crippen molar-refractivity contribution in [2.24, 2.45) is 5.92 Å². The Balaban J connectivity index is 1.81. The van der Waals surface area contributed by atoms with E-state index in [0.29, 0.717) is 18.4 Å². The van der Waals surface area contributed by atoms with E-state index in [-0.39, 0.29) is 11.7 Å². The molecular weight excluding hydrogens is 252 g/mol. The van der Waals surface area contributed by atoms with E-state index in [4.69, 9.17) is 4.74 Å². The van der Waals surface area contributed by atoms with Gasteiger partial charge >= 0.3 is 0 Å². The van der Waals surface area contributed by atoms with Gasteiger partial charge in [0.15, 0.2) is 0 Å². The molecule has 1 atom stereocenters. The molecule has 1 aliphatic heterocycles. The van der Waals surface area contributed by atoms with Gasteiger partial charge in [-0.15, -0.1) is 0 Å². The standard InChI is InChI=1S/C16H30N2O2/c1-4-14-17-16(8-5-6-9-16)15(19)18(14)10-12-20-11-7-13(2)3/h13-14,17H,4-12H2,1-3H3. The zero-order chi connectivity index (χ0) is 14.6. The summed E-state index contributed by atoms with van der Waals surface area (Å²) in [6.07, 6.45) is 6.63. The summed E-state index contributed by atoms with van der Waals surface area (Å²) in [6.45, 7) is 8.74. The number of carbonyl (C=O) groups excluding carboxylic acids is 1. The van der Waals surface area contributed by atoms with Crippen LogP contribution in [0.3, 0.4) is 0 Å². The van der Waals surface area contributed by atoms with Crippen molar-refractivity contribution in [1.82, 2.24) is 10.2 Å². The highest BCUT2D eigenvalue weighted by molar-refractivity contribution is 5.89. The second-order valence-corrected chi connectivity index (χ2v) is 6.65. The Hall–Kier alpha value is -0.610. The average Bonchev–Trinajstić information content (AvgIpc) is 2.98. The highest BCUT2D eigenvalue weighted by atomic mass is 16.5. The van der Waals surface area contributed by atoms with Crippen molar-refractivity contribution in [2.45, 2.75) is 71.0 Å². The van der Waals surface area contributed by atoms with Crippen molar-refractivity contribution < 1.29 is 9.53 Å². The number of nitrogens with one attached hydrogen (secondary N) is 1. The van der Waals surface area contributed by atoms with Crippen LogP contribution in [0.2, 0.25) is 0 Å². The second kappa shape index (κ2) is 6.90. The van der Waals surface area contributed by atoms with Gasteiger partial charge in [0, 0.05) is 13.2 Å². The van der Waals surface area contributed by atoms with Crippen LogP contribution in [-0.4, -0.2) is 42.3 Å². The van der Waals surface area contributed by atoms with Crippen molar-refractivity contribution in [1.29, 1.82) is 0 Å². The Morgan fingerprint density at radius 3 is 2.65 bits per heavy atom. The monoisotopic (exact) mass is 282 g/mol. The summed E-state index contributed by atoms with van der Waals surface area (Å²) in [5, 5.41) is 3.60. The molecule has 1 saturated carbocycles. The lowest BCUT2D eigenvalue weighted by molar-refractivity contribution is -0.133. The highest BCUT2D eigenvalue weighted by Crippen LogP contribution is 2.36. The van der Waals surface area contributed by atoms with Gasteiger partial charge in [0.1, 0.15) is 0 Å². The van der Waals surface area contributed by atoms with Gasteiger partial charge in [0.05, 0.1) is 18.3 Å². The van der Waals surface area contributed by atoms with Crippen LogP contribution in [0.4, 0.5) is 0 Å². The van der Waals surface area contributed by atoms with Crippen molar-refractivity contribution in [3.8, 4) is 0 Å². The van der Waals surface area contributed by atoms with Crippen LogP contribution in [0.5, 0.6) is 0 Å². The summed E-state index contributed by atoms with van der Waals surface area (Å²) < 4.78 is 5.68. The van der Waals surface area contributed by atoms with Crippen molar-refractivity contribution >= 4 is 5.91 Å². The molecule has 1 saturated heterocycles. The van der Waals surface area contributed by atoms with Crippen molar-refractivity contribution in [3.05, 3.63) is 0 Å². The molecule has 2 rings (SSSR count). The van der Waals surface area contributed by atoms with Gasteiger partial charge in [-0.3, -0.25) is 10.1 Å². The van der Waals surface area contributed by atoms with E-state index in [1.165, 1.54) is 12.8 Å². The first-order chi connectivity index (χ1) is 9.59. The molecule has 20 heavy (non-hydrogen) atoms. The lowest BCUT2D eigenvalue weighted by Gasteiger charge is -2.23. The fourth-order valence-corrected chi connectivity index (χ4v) is 3.38. The van der Waals surface area contributed by atoms with Gasteiger partial charge in [-0.25, -0.2) is 0 Å². The Labute approximate surface area is 123 Å². The zero-order valence-electron chi connectivity index (χ0n) is 13.3. The van der Waals surface area contributed by atoms with Gasteiger partial charge in [0.25, 0.3) is 0 Å². The van der Waals surface area contributed by atoms with Crippen LogP contribution in [0, 0.1) is 5.92 Å². The van der Waals surface area contributed by atoms with E-state index in [1.807, 2.05) is 4.90 Å². The summed E-state index contributed by atoms with van der Waals surface area (Å²) in [5.74, 6) is 0.990. The quantitative estimate of drug-likeness (QED) is 0.730. The first kappa shape index (κ1) is 15.8. The minimum atomic E-state index is -0.237. The molecule has 0 aromatic rings. The number of ether oxygens (including phenoxy) is 1. The summed E-state index contributed by atoms with van der Waals surface area (Å²) in [7, 11) is 0. The SMILES string of the molecule is CCC1NC2(CCCC2)C(=O)N1CCOCCC(C)C. The first-order valence-corrected chi connectivity index (χ1v) is 8.25. The summed E-state index contributed by atoms with van der Waals surface area (Å²) in [6, 6.07) is 0. The maximum Gasteiger partial charge on any atom is 0.244 e. The Morgan fingerprint density at radius 2 is 2.05 bits per heavy atom. The largest absolute Gasteiger partial charge is 0.380 e. The summed E-state index contributed by atoms with van der Waals surface area (Å²) in [4.78, 5) is 14.7. The lowest BCUT2D eigenvalue weighted by Crippen LogP contribution is -2.44. The lowest BCUT2D eigenvalue weighted by atomic mass is 9.98. The van der Waals surface area contributed by atoms with Crippen LogP contribution >= 0.6 is 0 Å². The van der Waals surface area contributed by atoms with Gasteiger partial charge in [0.2, 0.25) is 5.91 Å². The highest BCUT2D eigenvalue weighted by Gasteiger charge is 2.51. The van der Waals surface area contributed by atoms with Crippen LogP contribution in [0.1, 0.15) is 59.3 Å². The third-order valence-corrected chi connectivity index (χ3v) is 4.65. The average molecular weight is 282 g/mol. The fourth-order valence-electron chi connectivity index (χ4n) is 3.38. The maximum atomic E-state index is 12.7. The molecule has 116 valence electrons. The van der Waals surface area contributed by atoms with E-state index in [2.05, 4.69) is 26.1 Å². The Morgan fingerprint density at radius 1 is 1.35 bits per heavy atom. The molecule has 4 heteroatoms. The molecule has 0 radical (unpaired) electrons. The van der Waals surface area contributed by atoms with Gasteiger partial charge in [-0.2, -0.15) is 0 Å². The molecule has 0 bridgehead atoms.